The van der Waals surface area contributed by atoms with Crippen LogP contribution in [0.4, 0.5) is 5.69 Å². The second-order valence-corrected chi connectivity index (χ2v) is 4.75. The first kappa shape index (κ1) is 12.2. The van der Waals surface area contributed by atoms with Crippen molar-refractivity contribution in [3.8, 4) is 5.75 Å². The number of ether oxygens (including phenoxy) is 1. The Morgan fingerprint density at radius 1 is 1.29 bits per heavy atom. The normalized spacial score (nSPS) is 24.8. The van der Waals surface area contributed by atoms with Gasteiger partial charge in [0.2, 0.25) is 0 Å². The van der Waals surface area contributed by atoms with Crippen LogP contribution in [0.15, 0.2) is 24.3 Å². The van der Waals surface area contributed by atoms with Gasteiger partial charge in [-0.15, -0.1) is 0 Å². The SMILES string of the molecule is CNC1CCN(c2ccc(OC)cc2)C(C)C1. The van der Waals surface area contributed by atoms with Gasteiger partial charge >= 0.3 is 0 Å². The minimum Gasteiger partial charge on any atom is -0.497 e. The third kappa shape index (κ3) is 2.72. The number of nitrogens with zero attached hydrogens (tertiary/aromatic N) is 1. The fourth-order valence-corrected chi connectivity index (χ4v) is 2.59. The molecular weight excluding hydrogens is 212 g/mol. The smallest absolute Gasteiger partial charge is 0.119 e. The van der Waals surface area contributed by atoms with Crippen LogP contribution in [-0.4, -0.2) is 32.8 Å². The van der Waals surface area contributed by atoms with E-state index in [0.29, 0.717) is 12.1 Å². The first-order valence-corrected chi connectivity index (χ1v) is 6.32. The summed E-state index contributed by atoms with van der Waals surface area (Å²) < 4.78 is 5.19. The molecule has 2 rings (SSSR count). The number of nitrogens with one attached hydrogen (secondary N) is 1. The van der Waals surface area contributed by atoms with Crippen molar-refractivity contribution in [1.82, 2.24) is 5.32 Å². The zero-order chi connectivity index (χ0) is 12.3. The molecule has 2 unspecified atom stereocenters. The van der Waals surface area contributed by atoms with Crippen molar-refractivity contribution in [3.05, 3.63) is 24.3 Å². The predicted molar refractivity (Wildman–Crippen MR) is 71.9 cm³/mol. The van der Waals surface area contributed by atoms with Crippen molar-refractivity contribution >= 4 is 5.69 Å². The summed E-state index contributed by atoms with van der Waals surface area (Å²) in [6.45, 7) is 3.42. The zero-order valence-corrected chi connectivity index (χ0v) is 10.9. The Balaban J connectivity index is 2.06. The molecule has 1 aliphatic rings. The van der Waals surface area contributed by atoms with Crippen molar-refractivity contribution in [2.24, 2.45) is 0 Å². The van der Waals surface area contributed by atoms with Crippen LogP contribution in [0.25, 0.3) is 0 Å². The van der Waals surface area contributed by atoms with Crippen LogP contribution in [-0.2, 0) is 0 Å². The summed E-state index contributed by atoms with van der Waals surface area (Å²) in [5, 5.41) is 3.38. The van der Waals surface area contributed by atoms with Gasteiger partial charge in [0.15, 0.2) is 0 Å². The van der Waals surface area contributed by atoms with Gasteiger partial charge in [0.05, 0.1) is 7.11 Å². The molecule has 0 radical (unpaired) electrons. The standard InChI is InChI=1S/C14H22N2O/c1-11-10-12(15-2)8-9-16(11)13-4-6-14(17-3)7-5-13/h4-7,11-12,15H,8-10H2,1-3H3. The number of piperidine rings is 1. The Bertz CT molecular complexity index is 350. The molecule has 3 nitrogen and oxygen atoms in total. The third-order valence-corrected chi connectivity index (χ3v) is 3.69. The number of hydrogen-bond acceptors (Lipinski definition) is 3. The van der Waals surface area contributed by atoms with Crippen molar-refractivity contribution < 1.29 is 4.74 Å². The largest absolute Gasteiger partial charge is 0.497 e. The molecule has 1 aliphatic heterocycles. The molecule has 0 aromatic heterocycles. The molecule has 0 bridgehead atoms. The van der Waals surface area contributed by atoms with Crippen LogP contribution in [0, 0.1) is 0 Å². The molecule has 0 saturated carbocycles. The van der Waals surface area contributed by atoms with Gasteiger partial charge in [-0.25, -0.2) is 0 Å². The van der Waals surface area contributed by atoms with Crippen LogP contribution in [0.5, 0.6) is 5.75 Å². The van der Waals surface area contributed by atoms with Crippen molar-refractivity contribution in [2.75, 3.05) is 25.6 Å². The highest BCUT2D eigenvalue weighted by Crippen LogP contribution is 2.26. The molecule has 1 heterocycles. The van der Waals surface area contributed by atoms with E-state index in [1.807, 2.05) is 12.1 Å². The molecule has 1 N–H and O–H groups in total. The van der Waals surface area contributed by atoms with Crippen LogP contribution in [0.3, 0.4) is 0 Å². The molecule has 1 aromatic rings. The number of anilines is 1. The molecule has 0 amide bonds. The molecule has 1 aromatic carbocycles. The molecule has 1 fully saturated rings. The summed E-state index contributed by atoms with van der Waals surface area (Å²) in [6.07, 6.45) is 2.43. The molecule has 0 aliphatic carbocycles. The maximum atomic E-state index is 5.19. The average molecular weight is 234 g/mol. The van der Waals surface area contributed by atoms with Gasteiger partial charge in [0, 0.05) is 24.3 Å². The quantitative estimate of drug-likeness (QED) is 0.868. The van der Waals surface area contributed by atoms with E-state index in [9.17, 15) is 0 Å². The van der Waals surface area contributed by atoms with Gasteiger partial charge in [-0.3, -0.25) is 0 Å². The van der Waals surface area contributed by atoms with E-state index < -0.39 is 0 Å². The number of rotatable bonds is 3. The van der Waals surface area contributed by atoms with E-state index in [2.05, 4.69) is 36.3 Å². The van der Waals surface area contributed by atoms with Gasteiger partial charge in [0.1, 0.15) is 5.75 Å². The Kier molecular flexibility index (Phi) is 3.89. The van der Waals surface area contributed by atoms with Gasteiger partial charge in [0.25, 0.3) is 0 Å². The summed E-state index contributed by atoms with van der Waals surface area (Å²) >= 11 is 0. The van der Waals surface area contributed by atoms with Crippen LogP contribution in [0.2, 0.25) is 0 Å². The monoisotopic (exact) mass is 234 g/mol. The highest BCUT2D eigenvalue weighted by atomic mass is 16.5. The Hall–Kier alpha value is -1.22. The first-order valence-electron chi connectivity index (χ1n) is 6.32. The van der Waals surface area contributed by atoms with Crippen LogP contribution >= 0.6 is 0 Å². The third-order valence-electron chi connectivity index (χ3n) is 3.69. The average Bonchev–Trinajstić information content (AvgIpc) is 2.39. The topological polar surface area (TPSA) is 24.5 Å². The lowest BCUT2D eigenvalue weighted by Crippen LogP contribution is -2.46. The summed E-state index contributed by atoms with van der Waals surface area (Å²) in [6, 6.07) is 9.62. The molecule has 1 saturated heterocycles. The molecule has 94 valence electrons. The Labute approximate surface area is 104 Å². The van der Waals surface area contributed by atoms with E-state index in [4.69, 9.17) is 4.74 Å². The van der Waals surface area contributed by atoms with E-state index in [1.165, 1.54) is 18.5 Å². The number of hydrogen-bond donors (Lipinski definition) is 1. The summed E-state index contributed by atoms with van der Waals surface area (Å²) in [5.74, 6) is 0.923. The van der Waals surface area contributed by atoms with Gasteiger partial charge in [-0.1, -0.05) is 0 Å². The Morgan fingerprint density at radius 2 is 2.00 bits per heavy atom. The second-order valence-electron chi connectivity index (χ2n) is 4.75. The van der Waals surface area contributed by atoms with Gasteiger partial charge in [-0.2, -0.15) is 0 Å². The lowest BCUT2D eigenvalue weighted by atomic mass is 9.98. The van der Waals surface area contributed by atoms with Crippen molar-refractivity contribution in [1.29, 1.82) is 0 Å². The highest BCUT2D eigenvalue weighted by Gasteiger charge is 2.24. The van der Waals surface area contributed by atoms with Crippen molar-refractivity contribution in [3.63, 3.8) is 0 Å². The predicted octanol–water partition coefficient (Wildman–Crippen LogP) is 2.27. The Morgan fingerprint density at radius 3 is 2.53 bits per heavy atom. The van der Waals surface area contributed by atoms with Crippen LogP contribution < -0.4 is 15.0 Å². The second kappa shape index (κ2) is 5.41. The fraction of sp³-hybridized carbons (Fsp3) is 0.571. The summed E-state index contributed by atoms with van der Waals surface area (Å²) in [7, 11) is 3.76. The molecule has 2 atom stereocenters. The van der Waals surface area contributed by atoms with E-state index in [1.54, 1.807) is 7.11 Å². The molecular formula is C14H22N2O. The van der Waals surface area contributed by atoms with Gasteiger partial charge in [-0.05, 0) is 51.1 Å². The van der Waals surface area contributed by atoms with Crippen molar-refractivity contribution in [2.45, 2.75) is 31.8 Å². The number of benzene rings is 1. The maximum Gasteiger partial charge on any atom is 0.119 e. The summed E-state index contributed by atoms with van der Waals surface area (Å²) in [4.78, 5) is 2.48. The summed E-state index contributed by atoms with van der Waals surface area (Å²) in [5.41, 5.74) is 1.30. The first-order chi connectivity index (χ1) is 8.24. The molecule has 17 heavy (non-hydrogen) atoms. The lowest BCUT2D eigenvalue weighted by Gasteiger charge is -2.39. The minimum absolute atomic E-state index is 0.592. The molecule has 3 heteroatoms. The maximum absolute atomic E-state index is 5.19. The fourth-order valence-electron chi connectivity index (χ4n) is 2.59. The number of methoxy groups -OCH3 is 1. The van der Waals surface area contributed by atoms with E-state index >= 15 is 0 Å². The lowest BCUT2D eigenvalue weighted by molar-refractivity contribution is 0.386. The van der Waals surface area contributed by atoms with E-state index in [0.717, 1.165) is 12.3 Å². The van der Waals surface area contributed by atoms with E-state index in [-0.39, 0.29) is 0 Å². The van der Waals surface area contributed by atoms with Crippen LogP contribution in [0.1, 0.15) is 19.8 Å². The minimum atomic E-state index is 0.592. The van der Waals surface area contributed by atoms with Gasteiger partial charge < -0.3 is 15.0 Å². The zero-order valence-electron chi connectivity index (χ0n) is 10.9. The molecule has 0 spiro atoms. The highest BCUT2D eigenvalue weighted by molar-refractivity contribution is 5.50.